The summed E-state index contributed by atoms with van der Waals surface area (Å²) in [6, 6.07) is 14.6. The Morgan fingerprint density at radius 1 is 0.966 bits per heavy atom. The molecule has 0 aliphatic heterocycles. The van der Waals surface area contributed by atoms with Crippen LogP contribution >= 0.6 is 11.6 Å². The molecule has 0 bridgehead atoms. The third-order valence-corrected chi connectivity index (χ3v) is 4.34. The Morgan fingerprint density at radius 2 is 1.66 bits per heavy atom. The van der Waals surface area contributed by atoms with Crippen molar-refractivity contribution >= 4 is 29.4 Å². The van der Waals surface area contributed by atoms with Crippen molar-refractivity contribution in [2.75, 3.05) is 13.2 Å². The van der Waals surface area contributed by atoms with Gasteiger partial charge >= 0.3 is 17.8 Å². The van der Waals surface area contributed by atoms with Crippen LogP contribution in [-0.4, -0.2) is 37.1 Å². The first kappa shape index (κ1) is 22.4. The van der Waals surface area contributed by atoms with E-state index in [0.29, 0.717) is 11.4 Å². The molecule has 0 aliphatic rings. The van der Waals surface area contributed by atoms with Crippen molar-refractivity contribution in [1.82, 2.24) is 5.32 Å². The predicted octanol–water partition coefficient (Wildman–Crippen LogP) is 3.55. The third kappa shape index (κ3) is 7.23. The summed E-state index contributed by atoms with van der Waals surface area (Å²) in [7, 11) is 0. The van der Waals surface area contributed by atoms with E-state index >= 15 is 0 Å². The number of benzene rings is 2. The summed E-state index contributed by atoms with van der Waals surface area (Å²) in [6.07, 6.45) is 0.314. The molecule has 2 aromatic carbocycles. The Morgan fingerprint density at radius 3 is 2.28 bits per heavy atom. The summed E-state index contributed by atoms with van der Waals surface area (Å²) in [5.41, 5.74) is 2.88. The molecule has 0 aromatic heterocycles. The first-order chi connectivity index (χ1) is 13.9. The molecule has 29 heavy (non-hydrogen) atoms. The summed E-state index contributed by atoms with van der Waals surface area (Å²) in [6.45, 7) is 3.66. The number of carbonyl (C=O) groups is 3. The van der Waals surface area contributed by atoms with Crippen molar-refractivity contribution in [2.24, 2.45) is 0 Å². The van der Waals surface area contributed by atoms with Crippen molar-refractivity contribution in [2.45, 2.75) is 32.7 Å². The van der Waals surface area contributed by atoms with Crippen LogP contribution in [0.2, 0.25) is 5.02 Å². The van der Waals surface area contributed by atoms with Gasteiger partial charge in [0.05, 0.1) is 19.6 Å². The van der Waals surface area contributed by atoms with Gasteiger partial charge in [-0.25, -0.2) is 4.79 Å². The van der Waals surface area contributed by atoms with Crippen LogP contribution in [0.25, 0.3) is 11.1 Å². The van der Waals surface area contributed by atoms with Crippen LogP contribution in [0.15, 0.2) is 48.5 Å². The van der Waals surface area contributed by atoms with E-state index in [0.717, 1.165) is 16.7 Å². The Labute approximate surface area is 175 Å². The number of ether oxygens (including phenoxy) is 2. The summed E-state index contributed by atoms with van der Waals surface area (Å²) >= 11 is 6.04. The highest BCUT2D eigenvalue weighted by Gasteiger charge is 2.22. The van der Waals surface area contributed by atoms with Gasteiger partial charge in [-0.3, -0.25) is 9.59 Å². The fourth-order valence-corrected chi connectivity index (χ4v) is 3.01. The van der Waals surface area contributed by atoms with E-state index in [1.54, 1.807) is 13.8 Å². The molecule has 0 radical (unpaired) electrons. The minimum Gasteiger partial charge on any atom is -0.466 e. The lowest BCUT2D eigenvalue weighted by Crippen LogP contribution is -2.42. The molecule has 7 heteroatoms. The molecular formula is C22H24ClNO5. The maximum Gasteiger partial charge on any atom is 0.396 e. The van der Waals surface area contributed by atoms with E-state index in [9.17, 15) is 14.4 Å². The lowest BCUT2D eigenvalue weighted by Gasteiger charge is -2.18. The molecule has 0 saturated heterocycles. The molecule has 0 spiro atoms. The van der Waals surface area contributed by atoms with Gasteiger partial charge in [0.1, 0.15) is 0 Å². The van der Waals surface area contributed by atoms with Gasteiger partial charge in [-0.05, 0) is 49.1 Å². The summed E-state index contributed by atoms with van der Waals surface area (Å²) in [5, 5.41) is 3.22. The average molecular weight is 418 g/mol. The number of rotatable bonds is 8. The maximum absolute atomic E-state index is 12.0. The number of hydrogen-bond donors (Lipinski definition) is 1. The van der Waals surface area contributed by atoms with Crippen molar-refractivity contribution in [1.29, 1.82) is 0 Å². The Balaban J connectivity index is 2.11. The van der Waals surface area contributed by atoms with Crippen molar-refractivity contribution in [3.05, 3.63) is 59.1 Å². The fourth-order valence-electron chi connectivity index (χ4n) is 2.82. The smallest absolute Gasteiger partial charge is 0.396 e. The predicted molar refractivity (Wildman–Crippen MR) is 110 cm³/mol. The summed E-state index contributed by atoms with van der Waals surface area (Å²) < 4.78 is 9.67. The van der Waals surface area contributed by atoms with Gasteiger partial charge in [0.15, 0.2) is 0 Å². The third-order valence-electron chi connectivity index (χ3n) is 4.11. The minimum atomic E-state index is -0.974. The van der Waals surface area contributed by atoms with Crippen molar-refractivity contribution in [3.8, 4) is 11.1 Å². The van der Waals surface area contributed by atoms with E-state index in [-0.39, 0.29) is 19.6 Å². The number of amides is 1. The van der Waals surface area contributed by atoms with Gasteiger partial charge in [0.2, 0.25) is 0 Å². The Hall–Kier alpha value is -2.86. The zero-order valence-electron chi connectivity index (χ0n) is 16.4. The van der Waals surface area contributed by atoms with Gasteiger partial charge in [-0.15, -0.1) is 0 Å². The second kappa shape index (κ2) is 11.2. The minimum absolute atomic E-state index is 0.0466. The number of nitrogens with one attached hydrogen (secondary N) is 1. The molecule has 0 fully saturated rings. The summed E-state index contributed by atoms with van der Waals surface area (Å²) in [4.78, 5) is 35.5. The number of carbonyl (C=O) groups excluding carboxylic acids is 3. The monoisotopic (exact) mass is 417 g/mol. The SMILES string of the molecule is CCOC(=O)CC(Cc1ccc(-c2cccc(Cl)c2)cc1)NC(=O)C(=O)OCC. The van der Waals surface area contributed by atoms with Crippen molar-refractivity contribution in [3.63, 3.8) is 0 Å². The van der Waals surface area contributed by atoms with E-state index in [1.807, 2.05) is 48.5 Å². The van der Waals surface area contributed by atoms with Gasteiger partial charge in [-0.1, -0.05) is 48.0 Å². The second-order valence-corrected chi connectivity index (χ2v) is 6.75. The largest absolute Gasteiger partial charge is 0.466 e. The van der Waals surface area contributed by atoms with Gasteiger partial charge in [0, 0.05) is 11.1 Å². The van der Waals surface area contributed by atoms with Crippen LogP contribution in [0.1, 0.15) is 25.8 Å². The molecule has 0 heterocycles. The van der Waals surface area contributed by atoms with Gasteiger partial charge < -0.3 is 14.8 Å². The molecule has 1 atom stereocenters. The van der Waals surface area contributed by atoms with Gasteiger partial charge in [0.25, 0.3) is 0 Å². The molecule has 0 saturated carbocycles. The van der Waals surface area contributed by atoms with E-state index in [2.05, 4.69) is 5.32 Å². The topological polar surface area (TPSA) is 81.7 Å². The van der Waals surface area contributed by atoms with E-state index < -0.39 is 23.9 Å². The molecule has 1 amide bonds. The van der Waals surface area contributed by atoms with E-state index in [4.69, 9.17) is 21.1 Å². The van der Waals surface area contributed by atoms with E-state index in [1.165, 1.54) is 0 Å². The normalized spacial score (nSPS) is 11.4. The van der Waals surface area contributed by atoms with Crippen LogP contribution in [0.5, 0.6) is 0 Å². The lowest BCUT2D eigenvalue weighted by atomic mass is 9.99. The Bertz CT molecular complexity index is 851. The fraction of sp³-hybridized carbons (Fsp3) is 0.318. The number of hydrogen-bond acceptors (Lipinski definition) is 5. The van der Waals surface area contributed by atoms with Gasteiger partial charge in [-0.2, -0.15) is 0 Å². The van der Waals surface area contributed by atoms with Crippen LogP contribution in [0, 0.1) is 0 Å². The highest BCUT2D eigenvalue weighted by molar-refractivity contribution is 6.32. The standard InChI is InChI=1S/C22H24ClNO5/c1-3-28-20(25)14-19(24-21(26)22(27)29-4-2)12-15-8-10-16(11-9-15)17-6-5-7-18(23)13-17/h5-11,13,19H,3-4,12,14H2,1-2H3,(H,24,26). The quantitative estimate of drug-likeness (QED) is 0.524. The van der Waals surface area contributed by atoms with Crippen LogP contribution in [-0.2, 0) is 30.3 Å². The second-order valence-electron chi connectivity index (χ2n) is 6.31. The lowest BCUT2D eigenvalue weighted by molar-refractivity contribution is -0.155. The molecular weight excluding hydrogens is 394 g/mol. The average Bonchev–Trinajstić information content (AvgIpc) is 2.68. The zero-order valence-corrected chi connectivity index (χ0v) is 17.2. The highest BCUT2D eigenvalue weighted by atomic mass is 35.5. The zero-order chi connectivity index (χ0) is 21.2. The van der Waals surface area contributed by atoms with Crippen LogP contribution in [0.4, 0.5) is 0 Å². The highest BCUT2D eigenvalue weighted by Crippen LogP contribution is 2.23. The molecule has 6 nitrogen and oxygen atoms in total. The Kier molecular flexibility index (Phi) is 8.68. The molecule has 0 aliphatic carbocycles. The molecule has 2 rings (SSSR count). The molecule has 1 N–H and O–H groups in total. The first-order valence-electron chi connectivity index (χ1n) is 9.41. The van der Waals surface area contributed by atoms with Crippen LogP contribution < -0.4 is 5.32 Å². The molecule has 1 unspecified atom stereocenters. The summed E-state index contributed by atoms with van der Waals surface area (Å²) in [5.74, 6) is -2.30. The number of halogens is 1. The van der Waals surface area contributed by atoms with Crippen molar-refractivity contribution < 1.29 is 23.9 Å². The number of esters is 2. The van der Waals surface area contributed by atoms with Crippen LogP contribution in [0.3, 0.4) is 0 Å². The maximum atomic E-state index is 12.0. The molecule has 154 valence electrons. The molecule has 2 aromatic rings. The first-order valence-corrected chi connectivity index (χ1v) is 9.78.